The average Bonchev–Trinajstić information content (AvgIpc) is 2.04. The van der Waals surface area contributed by atoms with Crippen molar-refractivity contribution in [3.8, 4) is 0 Å². The minimum atomic E-state index is 0.462. The number of hydrogen-bond donors (Lipinski definition) is 1. The summed E-state index contributed by atoms with van der Waals surface area (Å²) < 4.78 is 1.23. The molecule has 1 saturated heterocycles. The van der Waals surface area contributed by atoms with Gasteiger partial charge in [0.1, 0.15) is 0 Å². The van der Waals surface area contributed by atoms with Gasteiger partial charge in [-0.3, -0.25) is 0 Å². The second-order valence-corrected chi connectivity index (χ2v) is 6.82. The van der Waals surface area contributed by atoms with Gasteiger partial charge in [-0.15, -0.1) is 0 Å². The molecule has 13 heavy (non-hydrogen) atoms. The van der Waals surface area contributed by atoms with Crippen LogP contribution in [0.1, 0.15) is 40.5 Å². The van der Waals surface area contributed by atoms with E-state index in [0.717, 1.165) is 6.04 Å². The number of alkyl halides is 1. The second-order valence-electron chi connectivity index (χ2n) is 5.94. The quantitative estimate of drug-likeness (QED) is 0.578. The van der Waals surface area contributed by atoms with Crippen LogP contribution in [0.3, 0.4) is 0 Å². The van der Waals surface area contributed by atoms with Crippen LogP contribution in [0.15, 0.2) is 0 Å². The lowest BCUT2D eigenvalue weighted by Gasteiger charge is -2.31. The van der Waals surface area contributed by atoms with E-state index in [-0.39, 0.29) is 0 Å². The van der Waals surface area contributed by atoms with Crippen LogP contribution in [-0.4, -0.2) is 17.0 Å². The van der Waals surface area contributed by atoms with E-state index < -0.39 is 0 Å². The molecule has 0 radical (unpaired) electrons. The van der Waals surface area contributed by atoms with Gasteiger partial charge in [0, 0.05) is 17.0 Å². The fourth-order valence-electron chi connectivity index (χ4n) is 2.70. The van der Waals surface area contributed by atoms with E-state index in [4.69, 9.17) is 0 Å². The van der Waals surface area contributed by atoms with E-state index in [9.17, 15) is 0 Å². The van der Waals surface area contributed by atoms with Gasteiger partial charge in [0.25, 0.3) is 0 Å². The number of rotatable bonds is 1. The molecule has 0 aromatic heterocycles. The van der Waals surface area contributed by atoms with Gasteiger partial charge in [-0.05, 0) is 23.7 Å². The molecular weight excluding hydrogens is 273 g/mol. The Morgan fingerprint density at radius 1 is 1.23 bits per heavy atom. The molecule has 1 heterocycles. The van der Waals surface area contributed by atoms with Crippen LogP contribution in [0.5, 0.6) is 0 Å². The summed E-state index contributed by atoms with van der Waals surface area (Å²) in [6.07, 6.45) is 2.65. The molecule has 0 aromatic carbocycles. The smallest absolute Gasteiger partial charge is 0.0162 e. The zero-order valence-corrected chi connectivity index (χ0v) is 11.4. The highest BCUT2D eigenvalue weighted by Crippen LogP contribution is 2.39. The molecule has 0 spiro atoms. The van der Waals surface area contributed by atoms with Gasteiger partial charge in [-0.1, -0.05) is 50.3 Å². The molecule has 1 unspecified atom stereocenters. The van der Waals surface area contributed by atoms with Crippen molar-refractivity contribution in [1.82, 2.24) is 5.32 Å². The SMILES string of the molecule is CC1(C)CNC(CI)CC(C)(C)C1. The Hall–Kier alpha value is 0.690. The van der Waals surface area contributed by atoms with E-state index in [1.807, 2.05) is 0 Å². The van der Waals surface area contributed by atoms with Gasteiger partial charge < -0.3 is 5.32 Å². The van der Waals surface area contributed by atoms with Crippen molar-refractivity contribution >= 4 is 22.6 Å². The van der Waals surface area contributed by atoms with Gasteiger partial charge >= 0.3 is 0 Å². The van der Waals surface area contributed by atoms with E-state index in [2.05, 4.69) is 55.6 Å². The Kier molecular flexibility index (Phi) is 3.67. The number of hydrogen-bond acceptors (Lipinski definition) is 1. The fourth-order valence-corrected chi connectivity index (χ4v) is 3.32. The van der Waals surface area contributed by atoms with Crippen LogP contribution in [0.4, 0.5) is 0 Å². The first kappa shape index (κ1) is 11.8. The maximum atomic E-state index is 3.67. The third kappa shape index (κ3) is 3.74. The van der Waals surface area contributed by atoms with E-state index in [1.54, 1.807) is 0 Å². The van der Waals surface area contributed by atoms with Crippen LogP contribution < -0.4 is 5.32 Å². The summed E-state index contributed by atoms with van der Waals surface area (Å²) in [5.41, 5.74) is 0.965. The van der Waals surface area contributed by atoms with Crippen molar-refractivity contribution in [2.75, 3.05) is 11.0 Å². The molecule has 1 N–H and O–H groups in total. The van der Waals surface area contributed by atoms with E-state index in [1.165, 1.54) is 23.8 Å². The van der Waals surface area contributed by atoms with Gasteiger partial charge in [0.15, 0.2) is 0 Å². The maximum Gasteiger partial charge on any atom is 0.0162 e. The first-order chi connectivity index (χ1) is 5.85. The van der Waals surface area contributed by atoms with Crippen molar-refractivity contribution in [2.24, 2.45) is 10.8 Å². The standard InChI is InChI=1S/C11H22IN/c1-10(2)5-9(6-12)13-8-11(3,4)7-10/h9,13H,5-8H2,1-4H3. The molecule has 0 amide bonds. The lowest BCUT2D eigenvalue weighted by Crippen LogP contribution is -2.35. The molecule has 2 heteroatoms. The molecule has 0 aromatic rings. The van der Waals surface area contributed by atoms with E-state index >= 15 is 0 Å². The van der Waals surface area contributed by atoms with Crippen LogP contribution in [0.25, 0.3) is 0 Å². The highest BCUT2D eigenvalue weighted by molar-refractivity contribution is 14.1. The third-order valence-electron chi connectivity index (χ3n) is 2.81. The predicted octanol–water partition coefficient (Wildman–Crippen LogP) is 3.23. The largest absolute Gasteiger partial charge is 0.313 e. The first-order valence-electron chi connectivity index (χ1n) is 5.14. The average molecular weight is 295 g/mol. The van der Waals surface area contributed by atoms with Crippen LogP contribution in [0, 0.1) is 10.8 Å². The van der Waals surface area contributed by atoms with Crippen molar-refractivity contribution < 1.29 is 0 Å². The molecule has 78 valence electrons. The Morgan fingerprint density at radius 3 is 2.38 bits per heavy atom. The van der Waals surface area contributed by atoms with Crippen molar-refractivity contribution in [3.05, 3.63) is 0 Å². The Morgan fingerprint density at radius 2 is 1.85 bits per heavy atom. The van der Waals surface area contributed by atoms with Gasteiger partial charge in [0.05, 0.1) is 0 Å². The zero-order chi connectivity index (χ0) is 10.1. The van der Waals surface area contributed by atoms with Gasteiger partial charge in [-0.2, -0.15) is 0 Å². The molecule has 1 rings (SSSR count). The fraction of sp³-hybridized carbons (Fsp3) is 1.00. The summed E-state index contributed by atoms with van der Waals surface area (Å²) >= 11 is 2.49. The van der Waals surface area contributed by atoms with Crippen LogP contribution >= 0.6 is 22.6 Å². The maximum absolute atomic E-state index is 3.67. The normalized spacial score (nSPS) is 32.5. The van der Waals surface area contributed by atoms with E-state index in [0.29, 0.717) is 10.8 Å². The summed E-state index contributed by atoms with van der Waals surface area (Å²) in [6, 6.07) is 0.720. The highest BCUT2D eigenvalue weighted by atomic mass is 127. The predicted molar refractivity (Wildman–Crippen MR) is 67.5 cm³/mol. The van der Waals surface area contributed by atoms with Crippen LogP contribution in [-0.2, 0) is 0 Å². The summed E-state index contributed by atoms with van der Waals surface area (Å²) in [6.45, 7) is 10.7. The minimum Gasteiger partial charge on any atom is -0.313 e. The van der Waals surface area contributed by atoms with Crippen LogP contribution in [0.2, 0.25) is 0 Å². The lowest BCUT2D eigenvalue weighted by atomic mass is 9.74. The van der Waals surface area contributed by atoms with Crippen molar-refractivity contribution in [2.45, 2.75) is 46.6 Å². The van der Waals surface area contributed by atoms with Crippen molar-refractivity contribution in [3.63, 3.8) is 0 Å². The van der Waals surface area contributed by atoms with Gasteiger partial charge in [0.2, 0.25) is 0 Å². The molecule has 0 aliphatic carbocycles. The monoisotopic (exact) mass is 295 g/mol. The topological polar surface area (TPSA) is 12.0 Å². The highest BCUT2D eigenvalue weighted by Gasteiger charge is 2.34. The Bertz CT molecular complexity index is 175. The molecule has 0 saturated carbocycles. The minimum absolute atomic E-state index is 0.462. The number of halogens is 1. The molecule has 1 nitrogen and oxygen atoms in total. The summed E-state index contributed by atoms with van der Waals surface area (Å²) in [5.74, 6) is 0. The molecule has 1 fully saturated rings. The van der Waals surface area contributed by atoms with Gasteiger partial charge in [-0.25, -0.2) is 0 Å². The molecular formula is C11H22IN. The molecule has 1 aliphatic heterocycles. The summed E-state index contributed by atoms with van der Waals surface area (Å²) in [4.78, 5) is 0. The summed E-state index contributed by atoms with van der Waals surface area (Å²) in [7, 11) is 0. The third-order valence-corrected chi connectivity index (χ3v) is 3.87. The number of nitrogens with one attached hydrogen (secondary N) is 1. The molecule has 1 atom stereocenters. The lowest BCUT2D eigenvalue weighted by molar-refractivity contribution is 0.210. The summed E-state index contributed by atoms with van der Waals surface area (Å²) in [5, 5.41) is 3.67. The molecule has 0 bridgehead atoms. The zero-order valence-electron chi connectivity index (χ0n) is 9.28. The Labute approximate surface area is 96.2 Å². The molecule has 1 aliphatic rings. The van der Waals surface area contributed by atoms with Crippen molar-refractivity contribution in [1.29, 1.82) is 0 Å². The second kappa shape index (κ2) is 4.05. The Balaban J connectivity index is 2.69. The first-order valence-corrected chi connectivity index (χ1v) is 6.67.